The third-order valence-electron chi connectivity index (χ3n) is 5.00. The predicted octanol–water partition coefficient (Wildman–Crippen LogP) is 4.57. The zero-order valence-corrected chi connectivity index (χ0v) is 17.9. The minimum atomic E-state index is -0.0931. The van der Waals surface area contributed by atoms with Gasteiger partial charge in [0.1, 0.15) is 12.4 Å². The second-order valence-electron chi connectivity index (χ2n) is 6.92. The van der Waals surface area contributed by atoms with E-state index in [9.17, 15) is 4.79 Å². The molecule has 7 heteroatoms. The summed E-state index contributed by atoms with van der Waals surface area (Å²) < 4.78 is 7.96. The van der Waals surface area contributed by atoms with Crippen LogP contribution in [0.3, 0.4) is 0 Å². The van der Waals surface area contributed by atoms with E-state index in [-0.39, 0.29) is 5.56 Å². The van der Waals surface area contributed by atoms with Crippen molar-refractivity contribution in [1.82, 2.24) is 19.7 Å². The van der Waals surface area contributed by atoms with Crippen molar-refractivity contribution in [1.29, 1.82) is 0 Å². The number of rotatable bonds is 8. The van der Waals surface area contributed by atoms with Crippen LogP contribution in [0.4, 0.5) is 0 Å². The number of aryl methyl sites for hydroxylation is 1. The number of aromatic nitrogens is 4. The summed E-state index contributed by atoms with van der Waals surface area (Å²) in [5, 5.41) is 10.5. The van der Waals surface area contributed by atoms with Crippen LogP contribution in [0.2, 0.25) is 0 Å². The molecule has 0 saturated heterocycles. The zero-order chi connectivity index (χ0) is 20.9. The van der Waals surface area contributed by atoms with Crippen LogP contribution in [0.25, 0.3) is 10.9 Å². The summed E-state index contributed by atoms with van der Waals surface area (Å²) in [5.41, 5.74) is 3.02. The first-order valence-corrected chi connectivity index (χ1v) is 11.0. The van der Waals surface area contributed by atoms with Crippen molar-refractivity contribution >= 4 is 22.7 Å². The summed E-state index contributed by atoms with van der Waals surface area (Å²) >= 11 is 1.58. The summed E-state index contributed by atoms with van der Waals surface area (Å²) in [7, 11) is 0. The molecule has 0 radical (unpaired) electrons. The van der Waals surface area contributed by atoms with Gasteiger partial charge in [-0.05, 0) is 42.7 Å². The predicted molar refractivity (Wildman–Crippen MR) is 120 cm³/mol. The molecule has 0 amide bonds. The number of fused-ring (bicyclic) bond motifs is 1. The Kier molecular flexibility index (Phi) is 6.18. The molecular weight excluding hydrogens is 396 g/mol. The highest BCUT2D eigenvalue weighted by Gasteiger charge is 2.13. The molecule has 4 aromatic rings. The minimum absolute atomic E-state index is 0.0931. The van der Waals surface area contributed by atoms with Gasteiger partial charge in [-0.2, -0.15) is 0 Å². The molecule has 2 aromatic heterocycles. The lowest BCUT2D eigenvalue weighted by atomic mass is 10.1. The molecule has 0 spiro atoms. The third-order valence-corrected chi connectivity index (χ3v) is 6.02. The molecule has 0 aliphatic carbocycles. The second kappa shape index (κ2) is 9.17. The van der Waals surface area contributed by atoms with E-state index in [1.54, 1.807) is 17.8 Å². The third kappa shape index (κ3) is 4.41. The average molecular weight is 421 g/mol. The van der Waals surface area contributed by atoms with Crippen LogP contribution in [0.1, 0.15) is 30.8 Å². The molecule has 154 valence electrons. The number of nitrogens with one attached hydrogen (secondary N) is 1. The van der Waals surface area contributed by atoms with E-state index >= 15 is 0 Å². The maximum absolute atomic E-state index is 12.0. The van der Waals surface area contributed by atoms with Gasteiger partial charge in [0.25, 0.3) is 0 Å². The Balaban J connectivity index is 1.48. The minimum Gasteiger partial charge on any atom is -0.486 e. The van der Waals surface area contributed by atoms with Gasteiger partial charge >= 0.3 is 0 Å². The summed E-state index contributed by atoms with van der Waals surface area (Å²) in [4.78, 5) is 14.9. The normalized spacial score (nSPS) is 11.1. The van der Waals surface area contributed by atoms with E-state index in [1.807, 2.05) is 36.4 Å². The fourth-order valence-electron chi connectivity index (χ4n) is 3.36. The fraction of sp³-hybridized carbons (Fsp3) is 0.261. The number of para-hydroxylation sites is 1. The highest BCUT2D eigenvalue weighted by molar-refractivity contribution is 7.98. The van der Waals surface area contributed by atoms with E-state index in [1.165, 1.54) is 5.56 Å². The Hall–Kier alpha value is -3.06. The molecule has 2 heterocycles. The van der Waals surface area contributed by atoms with Crippen LogP contribution < -0.4 is 10.3 Å². The number of hydrogen-bond acceptors (Lipinski definition) is 5. The quantitative estimate of drug-likeness (QED) is 0.423. The molecule has 4 rings (SSSR count). The zero-order valence-electron chi connectivity index (χ0n) is 17.1. The van der Waals surface area contributed by atoms with Gasteiger partial charge in [-0.1, -0.05) is 49.0 Å². The second-order valence-corrected chi connectivity index (χ2v) is 7.86. The topological polar surface area (TPSA) is 72.8 Å². The van der Waals surface area contributed by atoms with Crippen LogP contribution >= 0.6 is 11.8 Å². The lowest BCUT2D eigenvalue weighted by Crippen LogP contribution is -2.08. The van der Waals surface area contributed by atoms with Gasteiger partial charge in [0.15, 0.2) is 11.0 Å². The van der Waals surface area contributed by atoms with Crippen LogP contribution in [0.5, 0.6) is 5.75 Å². The Morgan fingerprint density at radius 1 is 1.07 bits per heavy atom. The number of thioether (sulfide) groups is 1. The fourth-order valence-corrected chi connectivity index (χ4v) is 4.37. The number of nitrogens with zero attached hydrogens (tertiary/aromatic N) is 3. The number of hydrogen-bond donors (Lipinski definition) is 1. The number of ether oxygens (including phenoxy) is 1. The van der Waals surface area contributed by atoms with Crippen LogP contribution in [-0.4, -0.2) is 19.7 Å². The molecule has 1 N–H and O–H groups in total. The summed E-state index contributed by atoms with van der Waals surface area (Å²) in [5.74, 6) is 2.25. The first kappa shape index (κ1) is 20.2. The molecule has 0 bridgehead atoms. The van der Waals surface area contributed by atoms with Crippen molar-refractivity contribution < 1.29 is 4.74 Å². The molecule has 0 unspecified atom stereocenters. The van der Waals surface area contributed by atoms with E-state index in [0.717, 1.165) is 46.2 Å². The molecule has 0 aliphatic heterocycles. The summed E-state index contributed by atoms with van der Waals surface area (Å²) in [6, 6.07) is 17.6. The van der Waals surface area contributed by atoms with Gasteiger partial charge in [-0.25, -0.2) is 0 Å². The maximum Gasteiger partial charge on any atom is 0.248 e. The van der Waals surface area contributed by atoms with Crippen molar-refractivity contribution in [3.8, 4) is 5.75 Å². The van der Waals surface area contributed by atoms with E-state index in [0.29, 0.717) is 12.4 Å². The number of benzene rings is 2. The average Bonchev–Trinajstić information content (AvgIpc) is 3.18. The van der Waals surface area contributed by atoms with E-state index in [2.05, 4.69) is 45.7 Å². The van der Waals surface area contributed by atoms with Crippen LogP contribution in [-0.2, 0) is 25.3 Å². The van der Waals surface area contributed by atoms with Gasteiger partial charge in [0.2, 0.25) is 5.56 Å². The molecule has 0 saturated carbocycles. The van der Waals surface area contributed by atoms with Crippen molar-refractivity contribution in [3.63, 3.8) is 0 Å². The summed E-state index contributed by atoms with van der Waals surface area (Å²) in [6.07, 6.45) is 1.01. The van der Waals surface area contributed by atoms with E-state index in [4.69, 9.17) is 4.74 Å². The molecule has 0 fully saturated rings. The standard InChI is InChI=1S/C23H24N4O2S/c1-3-16-9-11-18(12-10-16)29-14-21-25-26-23(27(21)4-2)30-15-17-13-22(28)24-20-8-6-5-7-19(17)20/h5-13H,3-4,14-15H2,1-2H3,(H,24,28). The molecule has 0 atom stereocenters. The van der Waals surface area contributed by atoms with Crippen molar-refractivity contribution in [3.05, 3.63) is 81.9 Å². The van der Waals surface area contributed by atoms with Gasteiger partial charge in [-0.15, -0.1) is 10.2 Å². The van der Waals surface area contributed by atoms with E-state index < -0.39 is 0 Å². The van der Waals surface area contributed by atoms with Gasteiger partial charge in [-0.3, -0.25) is 4.79 Å². The van der Waals surface area contributed by atoms with Crippen molar-refractivity contribution in [2.45, 2.75) is 44.3 Å². The molecular formula is C23H24N4O2S. The smallest absolute Gasteiger partial charge is 0.248 e. The van der Waals surface area contributed by atoms with Crippen molar-refractivity contribution in [2.75, 3.05) is 0 Å². The Labute approximate surface area is 179 Å². The highest BCUT2D eigenvalue weighted by atomic mass is 32.2. The first-order valence-electron chi connectivity index (χ1n) is 10.1. The Bertz CT molecular complexity index is 1200. The molecule has 30 heavy (non-hydrogen) atoms. The van der Waals surface area contributed by atoms with Crippen LogP contribution in [0.15, 0.2) is 64.5 Å². The number of aromatic amines is 1. The molecule has 6 nitrogen and oxygen atoms in total. The van der Waals surface area contributed by atoms with Gasteiger partial charge in [0.05, 0.1) is 0 Å². The molecule has 0 aliphatic rings. The number of pyridine rings is 1. The lowest BCUT2D eigenvalue weighted by Gasteiger charge is -2.10. The highest BCUT2D eigenvalue weighted by Crippen LogP contribution is 2.25. The lowest BCUT2D eigenvalue weighted by molar-refractivity contribution is 0.288. The van der Waals surface area contributed by atoms with Crippen LogP contribution in [0, 0.1) is 0 Å². The monoisotopic (exact) mass is 420 g/mol. The van der Waals surface area contributed by atoms with Crippen molar-refractivity contribution in [2.24, 2.45) is 0 Å². The molecule has 2 aromatic carbocycles. The summed E-state index contributed by atoms with van der Waals surface area (Å²) in [6.45, 7) is 5.31. The first-order chi connectivity index (χ1) is 14.7. The Morgan fingerprint density at radius 2 is 1.87 bits per heavy atom. The number of H-pyrrole nitrogens is 1. The van der Waals surface area contributed by atoms with Gasteiger partial charge in [0, 0.05) is 29.3 Å². The SMILES string of the molecule is CCc1ccc(OCc2nnc(SCc3cc(=O)[nH]c4ccccc34)n2CC)cc1. The Morgan fingerprint density at radius 3 is 2.63 bits per heavy atom. The largest absolute Gasteiger partial charge is 0.486 e. The van der Waals surface area contributed by atoms with Gasteiger partial charge < -0.3 is 14.3 Å². The maximum atomic E-state index is 12.0.